The summed E-state index contributed by atoms with van der Waals surface area (Å²) in [6.45, 7) is 0. The van der Waals surface area contributed by atoms with Crippen molar-refractivity contribution in [2.24, 2.45) is 0 Å². The van der Waals surface area contributed by atoms with E-state index in [1.54, 1.807) is 23.6 Å². The van der Waals surface area contributed by atoms with Gasteiger partial charge in [0.15, 0.2) is 5.65 Å². The molecule has 3 aromatic rings. The fourth-order valence-electron chi connectivity index (χ4n) is 1.63. The number of carbonyl (C=O) groups excluding carboxylic acids is 1. The van der Waals surface area contributed by atoms with Crippen LogP contribution < -0.4 is 5.32 Å². The Morgan fingerprint density at radius 3 is 2.79 bits per heavy atom. The molecule has 4 nitrogen and oxygen atoms in total. The number of pyridine rings is 2. The van der Waals surface area contributed by atoms with Crippen LogP contribution in [0.1, 0.15) is 10.4 Å². The Morgan fingerprint density at radius 2 is 2.00 bits per heavy atom. The molecule has 0 radical (unpaired) electrons. The number of amides is 1. The van der Waals surface area contributed by atoms with Gasteiger partial charge in [-0.3, -0.25) is 4.79 Å². The predicted octanol–water partition coefficient (Wildman–Crippen LogP) is 3.60. The normalized spacial score (nSPS) is 10.6. The number of hydrogen-bond donors (Lipinski definition) is 1. The summed E-state index contributed by atoms with van der Waals surface area (Å²) in [6.07, 6.45) is 0. The van der Waals surface area contributed by atoms with E-state index < -0.39 is 0 Å². The molecule has 1 N–H and O–H groups in total. The lowest BCUT2D eigenvalue weighted by atomic mass is 10.3. The van der Waals surface area contributed by atoms with Crippen LogP contribution in [0, 0.1) is 0 Å². The minimum atomic E-state index is -0.185. The predicted molar refractivity (Wildman–Crippen MR) is 76.8 cm³/mol. The van der Waals surface area contributed by atoms with Gasteiger partial charge in [-0.25, -0.2) is 9.97 Å². The number of anilines is 1. The van der Waals surface area contributed by atoms with E-state index in [1.807, 2.05) is 17.5 Å². The van der Waals surface area contributed by atoms with Crippen molar-refractivity contribution in [1.29, 1.82) is 0 Å². The van der Waals surface area contributed by atoms with Crippen LogP contribution in [-0.2, 0) is 0 Å². The number of nitrogens with zero attached hydrogens (tertiary/aromatic N) is 2. The fourth-order valence-corrected chi connectivity index (χ4v) is 2.41. The molecule has 19 heavy (non-hydrogen) atoms. The molecule has 0 aromatic carbocycles. The maximum atomic E-state index is 11.9. The summed E-state index contributed by atoms with van der Waals surface area (Å²) in [5, 5.41) is 7.61. The Kier molecular flexibility index (Phi) is 3.15. The molecule has 0 saturated heterocycles. The number of thiophene rings is 1. The Morgan fingerprint density at radius 1 is 1.16 bits per heavy atom. The molecule has 0 bridgehead atoms. The summed E-state index contributed by atoms with van der Waals surface area (Å²) >= 11 is 7.29. The molecule has 0 aliphatic carbocycles. The van der Waals surface area contributed by atoms with Crippen molar-refractivity contribution < 1.29 is 4.79 Å². The topological polar surface area (TPSA) is 54.9 Å². The molecule has 0 atom stereocenters. The van der Waals surface area contributed by atoms with Crippen molar-refractivity contribution in [2.45, 2.75) is 0 Å². The number of fused-ring (bicyclic) bond motifs is 1. The zero-order valence-corrected chi connectivity index (χ0v) is 11.2. The molecular weight excluding hydrogens is 282 g/mol. The van der Waals surface area contributed by atoms with Crippen molar-refractivity contribution >= 4 is 45.7 Å². The number of nitrogens with one attached hydrogen (secondary N) is 1. The molecule has 0 saturated carbocycles. The summed E-state index contributed by atoms with van der Waals surface area (Å²) in [5.74, 6) is 0.272. The molecule has 94 valence electrons. The van der Waals surface area contributed by atoms with Gasteiger partial charge in [0.1, 0.15) is 11.0 Å². The highest BCUT2D eigenvalue weighted by Gasteiger charge is 2.08. The number of aromatic nitrogens is 2. The first-order valence-electron chi connectivity index (χ1n) is 5.49. The molecule has 3 rings (SSSR count). The molecular formula is C13H8ClN3OS. The van der Waals surface area contributed by atoms with Gasteiger partial charge in [0.25, 0.3) is 5.91 Å². The van der Waals surface area contributed by atoms with Crippen molar-refractivity contribution in [3.8, 4) is 0 Å². The zero-order valence-electron chi connectivity index (χ0n) is 9.63. The standard InChI is InChI=1S/C13H8ClN3OS/c14-10-3-1-8-2-4-11(16-12(8)15-10)17-13(18)9-5-6-19-7-9/h1-7H,(H,15,16,17,18). The van der Waals surface area contributed by atoms with E-state index >= 15 is 0 Å². The smallest absolute Gasteiger partial charge is 0.257 e. The lowest BCUT2D eigenvalue weighted by Gasteiger charge is -2.04. The van der Waals surface area contributed by atoms with E-state index in [0.29, 0.717) is 22.2 Å². The van der Waals surface area contributed by atoms with Gasteiger partial charge in [0, 0.05) is 10.8 Å². The van der Waals surface area contributed by atoms with Crippen molar-refractivity contribution in [2.75, 3.05) is 5.32 Å². The highest BCUT2D eigenvalue weighted by Crippen LogP contribution is 2.17. The molecule has 0 fully saturated rings. The minimum Gasteiger partial charge on any atom is -0.306 e. The van der Waals surface area contributed by atoms with Gasteiger partial charge in [-0.2, -0.15) is 11.3 Å². The summed E-state index contributed by atoms with van der Waals surface area (Å²) in [6, 6.07) is 8.88. The molecule has 3 heterocycles. The van der Waals surface area contributed by atoms with Crippen LogP contribution in [0.3, 0.4) is 0 Å². The molecule has 6 heteroatoms. The van der Waals surface area contributed by atoms with E-state index in [0.717, 1.165) is 5.39 Å². The first-order valence-corrected chi connectivity index (χ1v) is 6.81. The van der Waals surface area contributed by atoms with Crippen LogP contribution in [0.4, 0.5) is 5.82 Å². The number of hydrogen-bond acceptors (Lipinski definition) is 4. The molecule has 0 spiro atoms. The number of halogens is 1. The van der Waals surface area contributed by atoms with Crippen molar-refractivity contribution in [3.05, 3.63) is 51.8 Å². The van der Waals surface area contributed by atoms with Crippen LogP contribution in [0.5, 0.6) is 0 Å². The largest absolute Gasteiger partial charge is 0.306 e. The average Bonchev–Trinajstić information content (AvgIpc) is 2.92. The summed E-state index contributed by atoms with van der Waals surface area (Å²) in [7, 11) is 0. The Balaban J connectivity index is 1.91. The van der Waals surface area contributed by atoms with Gasteiger partial charge in [-0.05, 0) is 35.7 Å². The Hall–Kier alpha value is -1.98. The quantitative estimate of drug-likeness (QED) is 0.733. The van der Waals surface area contributed by atoms with Crippen LogP contribution in [0.2, 0.25) is 5.15 Å². The molecule has 0 aliphatic rings. The van der Waals surface area contributed by atoms with E-state index in [9.17, 15) is 4.79 Å². The van der Waals surface area contributed by atoms with Crippen molar-refractivity contribution in [1.82, 2.24) is 9.97 Å². The second-order valence-corrected chi connectivity index (χ2v) is 5.01. The summed E-state index contributed by atoms with van der Waals surface area (Å²) < 4.78 is 0. The Labute approximate surface area is 118 Å². The summed E-state index contributed by atoms with van der Waals surface area (Å²) in [5.41, 5.74) is 1.13. The first-order chi connectivity index (χ1) is 9.22. The second kappa shape index (κ2) is 4.95. The van der Waals surface area contributed by atoms with Gasteiger partial charge >= 0.3 is 0 Å². The van der Waals surface area contributed by atoms with Gasteiger partial charge < -0.3 is 5.32 Å². The molecule has 1 amide bonds. The van der Waals surface area contributed by atoms with E-state index in [-0.39, 0.29) is 5.91 Å². The molecule has 0 unspecified atom stereocenters. The lowest BCUT2D eigenvalue weighted by Crippen LogP contribution is -2.11. The van der Waals surface area contributed by atoms with Crippen LogP contribution >= 0.6 is 22.9 Å². The SMILES string of the molecule is O=C(Nc1ccc2ccc(Cl)nc2n1)c1ccsc1. The zero-order chi connectivity index (χ0) is 13.2. The number of carbonyl (C=O) groups is 1. The number of rotatable bonds is 2. The highest BCUT2D eigenvalue weighted by molar-refractivity contribution is 7.08. The van der Waals surface area contributed by atoms with E-state index in [2.05, 4.69) is 15.3 Å². The van der Waals surface area contributed by atoms with Crippen LogP contribution in [0.25, 0.3) is 11.0 Å². The van der Waals surface area contributed by atoms with Gasteiger partial charge in [-0.1, -0.05) is 11.6 Å². The molecule has 3 aromatic heterocycles. The average molecular weight is 290 g/mol. The molecule has 0 aliphatic heterocycles. The summed E-state index contributed by atoms with van der Waals surface area (Å²) in [4.78, 5) is 20.3. The Bertz CT molecular complexity index is 743. The van der Waals surface area contributed by atoms with Crippen molar-refractivity contribution in [3.63, 3.8) is 0 Å². The maximum absolute atomic E-state index is 11.9. The lowest BCUT2D eigenvalue weighted by molar-refractivity contribution is 0.102. The third kappa shape index (κ3) is 2.57. The first kappa shape index (κ1) is 12.1. The third-order valence-electron chi connectivity index (χ3n) is 2.54. The second-order valence-electron chi connectivity index (χ2n) is 3.84. The highest BCUT2D eigenvalue weighted by atomic mass is 35.5. The van der Waals surface area contributed by atoms with Gasteiger partial charge in [-0.15, -0.1) is 0 Å². The monoisotopic (exact) mass is 289 g/mol. The van der Waals surface area contributed by atoms with Crippen LogP contribution in [0.15, 0.2) is 41.1 Å². The third-order valence-corrected chi connectivity index (χ3v) is 3.44. The van der Waals surface area contributed by atoms with Gasteiger partial charge in [0.2, 0.25) is 0 Å². The maximum Gasteiger partial charge on any atom is 0.257 e. The van der Waals surface area contributed by atoms with E-state index in [1.165, 1.54) is 11.3 Å². The van der Waals surface area contributed by atoms with Crippen LogP contribution in [-0.4, -0.2) is 15.9 Å². The van der Waals surface area contributed by atoms with Gasteiger partial charge in [0.05, 0.1) is 5.56 Å². The minimum absolute atomic E-state index is 0.185. The van der Waals surface area contributed by atoms with E-state index in [4.69, 9.17) is 11.6 Å². The fraction of sp³-hybridized carbons (Fsp3) is 0.